The second-order valence-electron chi connectivity index (χ2n) is 7.77. The second-order valence-corrected chi connectivity index (χ2v) is 7.77. The summed E-state index contributed by atoms with van der Waals surface area (Å²) in [6, 6.07) is 7.02. The Kier molecular flexibility index (Phi) is 5.78. The summed E-state index contributed by atoms with van der Waals surface area (Å²) in [6.45, 7) is 13.4. The number of piperazine rings is 1. The maximum Gasteiger partial charge on any atom is 0.261 e. The molecular weight excluding hydrogens is 324 g/mol. The maximum absolute atomic E-state index is 13.1. The highest BCUT2D eigenvalue weighted by Gasteiger charge is 2.30. The van der Waals surface area contributed by atoms with Gasteiger partial charge in [-0.25, -0.2) is 4.98 Å². The van der Waals surface area contributed by atoms with Crippen molar-refractivity contribution in [2.24, 2.45) is 0 Å². The predicted molar refractivity (Wildman–Crippen MR) is 108 cm³/mol. The van der Waals surface area contributed by atoms with Crippen molar-refractivity contribution in [1.82, 2.24) is 19.8 Å². The van der Waals surface area contributed by atoms with Crippen molar-refractivity contribution in [1.29, 1.82) is 0 Å². The van der Waals surface area contributed by atoms with Crippen LogP contribution >= 0.6 is 0 Å². The number of nitrogens with one attached hydrogen (secondary N) is 1. The molecular formula is C21H32N4O. The van der Waals surface area contributed by atoms with E-state index in [0.717, 1.165) is 48.2 Å². The molecule has 0 spiro atoms. The minimum atomic E-state index is 0.0878. The van der Waals surface area contributed by atoms with Crippen molar-refractivity contribution >= 4 is 10.9 Å². The summed E-state index contributed by atoms with van der Waals surface area (Å²) in [4.78, 5) is 20.6. The van der Waals surface area contributed by atoms with Crippen LogP contribution < -0.4 is 10.9 Å². The van der Waals surface area contributed by atoms with Gasteiger partial charge >= 0.3 is 0 Å². The van der Waals surface area contributed by atoms with Crippen LogP contribution in [0.5, 0.6) is 0 Å². The first-order chi connectivity index (χ1) is 12.4. The Morgan fingerprint density at radius 2 is 1.92 bits per heavy atom. The highest BCUT2D eigenvalue weighted by molar-refractivity contribution is 5.78. The Morgan fingerprint density at radius 1 is 1.23 bits per heavy atom. The van der Waals surface area contributed by atoms with Crippen LogP contribution in [0.1, 0.15) is 58.0 Å². The number of rotatable bonds is 5. The second kappa shape index (κ2) is 7.89. The summed E-state index contributed by atoms with van der Waals surface area (Å²) < 4.78 is 1.88. The first-order valence-electron chi connectivity index (χ1n) is 9.95. The molecule has 1 aliphatic rings. The maximum atomic E-state index is 13.1. The smallest absolute Gasteiger partial charge is 0.261 e. The fourth-order valence-corrected chi connectivity index (χ4v) is 4.28. The largest absolute Gasteiger partial charge is 0.309 e. The Bertz CT molecular complexity index is 819. The van der Waals surface area contributed by atoms with E-state index in [1.165, 1.54) is 0 Å². The van der Waals surface area contributed by atoms with Gasteiger partial charge in [-0.3, -0.25) is 14.3 Å². The lowest BCUT2D eigenvalue weighted by atomic mass is 10.0. The van der Waals surface area contributed by atoms with Gasteiger partial charge in [0.15, 0.2) is 0 Å². The van der Waals surface area contributed by atoms with Gasteiger partial charge < -0.3 is 5.32 Å². The number of benzene rings is 1. The molecule has 0 aliphatic carbocycles. The lowest BCUT2D eigenvalue weighted by Gasteiger charge is -2.41. The highest BCUT2D eigenvalue weighted by Crippen LogP contribution is 2.27. The molecule has 142 valence electrons. The van der Waals surface area contributed by atoms with Crippen LogP contribution in [0.25, 0.3) is 10.9 Å². The van der Waals surface area contributed by atoms with E-state index < -0.39 is 0 Å². The summed E-state index contributed by atoms with van der Waals surface area (Å²) in [5, 5.41) is 4.32. The van der Waals surface area contributed by atoms with Gasteiger partial charge in [-0.15, -0.1) is 0 Å². The first kappa shape index (κ1) is 19.1. The number of aryl methyl sites for hydroxylation is 1. The zero-order chi connectivity index (χ0) is 18.8. The zero-order valence-electron chi connectivity index (χ0n) is 16.7. The number of fused-ring (bicyclic) bond motifs is 1. The zero-order valence-corrected chi connectivity index (χ0v) is 16.7. The molecule has 2 aromatic rings. The third-order valence-corrected chi connectivity index (χ3v) is 5.34. The molecule has 2 heterocycles. The Morgan fingerprint density at radius 3 is 2.54 bits per heavy atom. The summed E-state index contributed by atoms with van der Waals surface area (Å²) in [6.07, 6.45) is 2.09. The van der Waals surface area contributed by atoms with Crippen molar-refractivity contribution in [2.45, 2.75) is 72.1 Å². The Balaban J connectivity index is 2.13. The van der Waals surface area contributed by atoms with E-state index in [4.69, 9.17) is 4.98 Å². The minimum absolute atomic E-state index is 0.0878. The molecule has 1 fully saturated rings. The molecule has 3 atom stereocenters. The van der Waals surface area contributed by atoms with Crippen LogP contribution in [-0.2, 0) is 6.54 Å². The lowest BCUT2D eigenvalue weighted by molar-refractivity contribution is 0.109. The van der Waals surface area contributed by atoms with E-state index in [2.05, 4.69) is 37.9 Å². The average Bonchev–Trinajstić information content (AvgIpc) is 2.58. The molecule has 0 saturated carbocycles. The molecule has 0 bridgehead atoms. The molecule has 0 radical (unpaired) electrons. The molecule has 3 rings (SSSR count). The van der Waals surface area contributed by atoms with Crippen LogP contribution in [0.2, 0.25) is 0 Å². The summed E-state index contributed by atoms with van der Waals surface area (Å²) in [5.41, 5.74) is 2.05. The SMILES string of the molecule is CCCC(c1nc2cc(C)ccc2c(=O)n1CC)N1C[C@@H](C)N[C@@H](C)C1. The van der Waals surface area contributed by atoms with Crippen molar-refractivity contribution < 1.29 is 0 Å². The number of aromatic nitrogens is 2. The van der Waals surface area contributed by atoms with E-state index in [-0.39, 0.29) is 11.6 Å². The first-order valence-corrected chi connectivity index (χ1v) is 9.95. The standard InChI is InChI=1S/C21H32N4O/c1-6-8-19(24-12-15(4)22-16(5)13-24)20-23-18-11-14(3)9-10-17(18)21(26)25(20)7-2/h9-11,15-16,19,22H,6-8,12-13H2,1-5H3/t15-,16+,19?. The van der Waals surface area contributed by atoms with E-state index in [1.54, 1.807) is 0 Å². The lowest BCUT2D eigenvalue weighted by Crippen LogP contribution is -2.55. The molecule has 0 amide bonds. The van der Waals surface area contributed by atoms with Gasteiger partial charge in [-0.05, 0) is 51.8 Å². The van der Waals surface area contributed by atoms with E-state index in [1.807, 2.05) is 29.7 Å². The molecule has 1 N–H and O–H groups in total. The Hall–Kier alpha value is -1.72. The fraction of sp³-hybridized carbons (Fsp3) is 0.619. The quantitative estimate of drug-likeness (QED) is 0.893. The third-order valence-electron chi connectivity index (χ3n) is 5.34. The van der Waals surface area contributed by atoms with Crippen LogP contribution in [0.4, 0.5) is 0 Å². The minimum Gasteiger partial charge on any atom is -0.309 e. The molecule has 1 aromatic heterocycles. The van der Waals surface area contributed by atoms with Gasteiger partial charge in [0.25, 0.3) is 5.56 Å². The molecule has 1 aromatic carbocycles. The van der Waals surface area contributed by atoms with Gasteiger partial charge in [0.05, 0.1) is 16.9 Å². The Labute approximate surface area is 156 Å². The van der Waals surface area contributed by atoms with E-state index in [9.17, 15) is 4.79 Å². The van der Waals surface area contributed by atoms with Crippen molar-refractivity contribution in [3.05, 3.63) is 39.9 Å². The number of nitrogens with zero attached hydrogens (tertiary/aromatic N) is 3. The van der Waals surface area contributed by atoms with Crippen LogP contribution in [-0.4, -0.2) is 39.6 Å². The molecule has 1 aliphatic heterocycles. The number of hydrogen-bond donors (Lipinski definition) is 1. The monoisotopic (exact) mass is 356 g/mol. The molecule has 5 nitrogen and oxygen atoms in total. The number of hydrogen-bond acceptors (Lipinski definition) is 4. The fourth-order valence-electron chi connectivity index (χ4n) is 4.28. The van der Waals surface area contributed by atoms with Gasteiger partial charge in [0.1, 0.15) is 5.82 Å². The summed E-state index contributed by atoms with van der Waals surface area (Å²) in [5.74, 6) is 0.929. The summed E-state index contributed by atoms with van der Waals surface area (Å²) >= 11 is 0. The van der Waals surface area contributed by atoms with Crippen LogP contribution in [0.15, 0.2) is 23.0 Å². The van der Waals surface area contributed by atoms with Gasteiger partial charge in [-0.2, -0.15) is 0 Å². The van der Waals surface area contributed by atoms with Crippen LogP contribution in [0.3, 0.4) is 0 Å². The molecule has 5 heteroatoms. The van der Waals surface area contributed by atoms with Crippen molar-refractivity contribution in [3.8, 4) is 0 Å². The molecule has 26 heavy (non-hydrogen) atoms. The third kappa shape index (κ3) is 3.69. The average molecular weight is 357 g/mol. The van der Waals surface area contributed by atoms with Crippen molar-refractivity contribution in [2.75, 3.05) is 13.1 Å². The highest BCUT2D eigenvalue weighted by atomic mass is 16.1. The normalized spacial score (nSPS) is 22.7. The van der Waals surface area contributed by atoms with E-state index in [0.29, 0.717) is 18.6 Å². The summed E-state index contributed by atoms with van der Waals surface area (Å²) in [7, 11) is 0. The van der Waals surface area contributed by atoms with Gasteiger partial charge in [-0.1, -0.05) is 19.4 Å². The molecule has 1 saturated heterocycles. The molecule has 1 unspecified atom stereocenters. The van der Waals surface area contributed by atoms with E-state index >= 15 is 0 Å². The van der Waals surface area contributed by atoms with Crippen molar-refractivity contribution in [3.63, 3.8) is 0 Å². The topological polar surface area (TPSA) is 50.2 Å². The van der Waals surface area contributed by atoms with Gasteiger partial charge in [0, 0.05) is 31.7 Å². The van der Waals surface area contributed by atoms with Gasteiger partial charge in [0.2, 0.25) is 0 Å². The van der Waals surface area contributed by atoms with Crippen LogP contribution in [0, 0.1) is 6.92 Å². The predicted octanol–water partition coefficient (Wildman–Crippen LogP) is 3.25.